The first-order chi connectivity index (χ1) is 8.74. The average Bonchev–Trinajstić information content (AvgIpc) is 2.36. The van der Waals surface area contributed by atoms with Gasteiger partial charge < -0.3 is 0 Å². The van der Waals surface area contributed by atoms with Crippen LogP contribution in [0.1, 0.15) is 32.6 Å². The van der Waals surface area contributed by atoms with Crippen molar-refractivity contribution in [1.29, 1.82) is 0 Å². The lowest BCUT2D eigenvalue weighted by molar-refractivity contribution is 0.603. The fraction of sp³-hybridized carbons (Fsp3) is 0.357. The third-order valence-electron chi connectivity index (χ3n) is 2.25. The van der Waals surface area contributed by atoms with Crippen LogP contribution < -0.4 is 5.43 Å². The van der Waals surface area contributed by atoms with E-state index in [2.05, 4.69) is 29.3 Å². The van der Waals surface area contributed by atoms with Gasteiger partial charge >= 0.3 is 0 Å². The molecule has 1 aromatic carbocycles. The Morgan fingerprint density at radius 3 is 2.94 bits per heavy atom. The minimum atomic E-state index is -0.551. The van der Waals surface area contributed by atoms with E-state index in [9.17, 15) is 8.78 Å². The third-order valence-corrected chi connectivity index (χ3v) is 2.25. The molecule has 0 aliphatic heterocycles. The number of hydrogen-bond acceptors (Lipinski definition) is 2. The van der Waals surface area contributed by atoms with Crippen LogP contribution in [0.4, 0.5) is 14.5 Å². The van der Waals surface area contributed by atoms with Crippen LogP contribution in [0.15, 0.2) is 23.3 Å². The Kier molecular flexibility index (Phi) is 6.49. The van der Waals surface area contributed by atoms with E-state index in [0.717, 1.165) is 37.5 Å². The molecule has 0 radical (unpaired) electrons. The maximum Gasteiger partial charge on any atom is 0.148 e. The first-order valence-electron chi connectivity index (χ1n) is 5.95. The van der Waals surface area contributed by atoms with E-state index in [4.69, 9.17) is 0 Å². The summed E-state index contributed by atoms with van der Waals surface area (Å²) in [7, 11) is 0. The summed E-state index contributed by atoms with van der Waals surface area (Å²) in [6, 6.07) is 3.14. The van der Waals surface area contributed by atoms with Crippen LogP contribution in [-0.2, 0) is 0 Å². The molecule has 0 aromatic heterocycles. The van der Waals surface area contributed by atoms with Gasteiger partial charge in [-0.25, -0.2) is 8.78 Å². The topological polar surface area (TPSA) is 24.4 Å². The van der Waals surface area contributed by atoms with Gasteiger partial charge in [0.05, 0.1) is 11.9 Å². The second kappa shape index (κ2) is 8.24. The largest absolute Gasteiger partial charge is 0.275 e. The number of hydrazone groups is 1. The molecular formula is C14H16F2N2. The molecule has 0 spiro atoms. The third kappa shape index (κ3) is 5.44. The summed E-state index contributed by atoms with van der Waals surface area (Å²) in [6.07, 6.45) is 5.57. The molecule has 0 unspecified atom stereocenters. The van der Waals surface area contributed by atoms with Crippen molar-refractivity contribution in [3.05, 3.63) is 29.8 Å². The highest BCUT2D eigenvalue weighted by Gasteiger charge is 2.01. The zero-order chi connectivity index (χ0) is 13.2. The molecule has 0 amide bonds. The van der Waals surface area contributed by atoms with Gasteiger partial charge in [-0.15, -0.1) is 0 Å². The average molecular weight is 250 g/mol. The molecule has 0 saturated carbocycles. The Labute approximate surface area is 106 Å². The van der Waals surface area contributed by atoms with Crippen molar-refractivity contribution in [3.63, 3.8) is 0 Å². The van der Waals surface area contributed by atoms with Gasteiger partial charge in [-0.2, -0.15) is 5.10 Å². The van der Waals surface area contributed by atoms with Gasteiger partial charge in [0.1, 0.15) is 11.6 Å². The molecule has 4 heteroatoms. The van der Waals surface area contributed by atoms with Crippen molar-refractivity contribution in [3.8, 4) is 11.8 Å². The van der Waals surface area contributed by atoms with Crippen LogP contribution in [0.5, 0.6) is 0 Å². The molecule has 96 valence electrons. The lowest BCUT2D eigenvalue weighted by Gasteiger charge is -2.00. The number of unbranched alkanes of at least 4 members (excludes halogenated alkanes) is 3. The second-order valence-electron chi connectivity index (χ2n) is 3.77. The highest BCUT2D eigenvalue weighted by molar-refractivity contribution is 5.78. The lowest BCUT2D eigenvalue weighted by Crippen LogP contribution is -1.93. The Morgan fingerprint density at radius 1 is 1.33 bits per heavy atom. The van der Waals surface area contributed by atoms with Crippen LogP contribution in [-0.4, -0.2) is 6.21 Å². The molecule has 0 atom stereocenters. The molecule has 0 heterocycles. The highest BCUT2D eigenvalue weighted by atomic mass is 19.1. The molecule has 18 heavy (non-hydrogen) atoms. The van der Waals surface area contributed by atoms with Crippen molar-refractivity contribution in [1.82, 2.24) is 0 Å². The molecular weight excluding hydrogens is 234 g/mol. The van der Waals surface area contributed by atoms with Crippen LogP contribution in [0.2, 0.25) is 0 Å². The standard InChI is InChI=1S/C14H16F2N2/c1-2-3-4-5-6-7-10-17-18-14-11-12(15)8-9-13(14)16/h8-11,18H,2-5H2,1H3/b17-10-. The van der Waals surface area contributed by atoms with Gasteiger partial charge in [0, 0.05) is 12.5 Å². The van der Waals surface area contributed by atoms with E-state index >= 15 is 0 Å². The normalized spacial score (nSPS) is 10.2. The molecule has 0 fully saturated rings. The number of nitrogens with one attached hydrogen (secondary N) is 1. The molecule has 0 saturated heterocycles. The van der Waals surface area contributed by atoms with Crippen molar-refractivity contribution in [2.75, 3.05) is 5.43 Å². The first-order valence-corrected chi connectivity index (χ1v) is 5.95. The molecule has 1 N–H and O–H groups in total. The summed E-state index contributed by atoms with van der Waals surface area (Å²) >= 11 is 0. The number of rotatable bonds is 5. The number of benzene rings is 1. The Morgan fingerprint density at radius 2 is 2.17 bits per heavy atom. The molecule has 2 nitrogen and oxygen atoms in total. The zero-order valence-electron chi connectivity index (χ0n) is 10.3. The van der Waals surface area contributed by atoms with Crippen molar-refractivity contribution < 1.29 is 8.78 Å². The summed E-state index contributed by atoms with van der Waals surface area (Å²) in [5.41, 5.74) is 2.41. The van der Waals surface area contributed by atoms with Crippen molar-refractivity contribution in [2.24, 2.45) is 5.10 Å². The van der Waals surface area contributed by atoms with E-state index in [1.54, 1.807) is 0 Å². The predicted molar refractivity (Wildman–Crippen MR) is 70.4 cm³/mol. The van der Waals surface area contributed by atoms with Crippen LogP contribution in [0, 0.1) is 23.5 Å². The van der Waals surface area contributed by atoms with Crippen molar-refractivity contribution >= 4 is 11.9 Å². The van der Waals surface area contributed by atoms with Crippen molar-refractivity contribution in [2.45, 2.75) is 32.6 Å². The Hall–Kier alpha value is -1.89. The number of hydrogen-bond donors (Lipinski definition) is 1. The highest BCUT2D eigenvalue weighted by Crippen LogP contribution is 2.14. The smallest absolute Gasteiger partial charge is 0.148 e. The van der Waals surface area contributed by atoms with E-state index in [1.165, 1.54) is 12.6 Å². The van der Waals surface area contributed by atoms with Crippen LogP contribution >= 0.6 is 0 Å². The molecule has 1 rings (SSSR count). The van der Waals surface area contributed by atoms with Gasteiger partial charge in [0.2, 0.25) is 0 Å². The fourth-order valence-electron chi connectivity index (χ4n) is 1.30. The molecule has 0 aliphatic rings. The lowest BCUT2D eigenvalue weighted by atomic mass is 10.2. The van der Waals surface area contributed by atoms with E-state index in [0.29, 0.717) is 0 Å². The van der Waals surface area contributed by atoms with Crippen LogP contribution in [0.3, 0.4) is 0 Å². The molecule has 0 aliphatic carbocycles. The first kappa shape index (κ1) is 14.2. The quantitative estimate of drug-likeness (QED) is 0.364. The van der Waals surface area contributed by atoms with Gasteiger partial charge in [-0.05, 0) is 18.6 Å². The minimum Gasteiger partial charge on any atom is -0.275 e. The summed E-state index contributed by atoms with van der Waals surface area (Å²) in [6.45, 7) is 2.13. The fourth-order valence-corrected chi connectivity index (χ4v) is 1.30. The Balaban J connectivity index is 2.38. The van der Waals surface area contributed by atoms with Gasteiger partial charge in [0.25, 0.3) is 0 Å². The molecule has 0 bridgehead atoms. The summed E-state index contributed by atoms with van der Waals surface area (Å²) < 4.78 is 26.0. The van der Waals surface area contributed by atoms with E-state index in [1.807, 2.05) is 0 Å². The number of anilines is 1. The van der Waals surface area contributed by atoms with E-state index < -0.39 is 11.6 Å². The van der Waals surface area contributed by atoms with Gasteiger partial charge in [-0.3, -0.25) is 5.43 Å². The van der Waals surface area contributed by atoms with Gasteiger partial charge in [0.15, 0.2) is 0 Å². The SMILES string of the molecule is CCCCCC#C/C=N\Nc1cc(F)ccc1F. The summed E-state index contributed by atoms with van der Waals surface area (Å²) in [5, 5.41) is 3.71. The molecule has 1 aromatic rings. The zero-order valence-corrected chi connectivity index (χ0v) is 10.3. The Bertz CT molecular complexity index is 459. The summed E-state index contributed by atoms with van der Waals surface area (Å²) in [4.78, 5) is 0. The number of nitrogens with zero attached hydrogens (tertiary/aromatic N) is 1. The monoisotopic (exact) mass is 250 g/mol. The minimum absolute atomic E-state index is 0.000895. The summed E-state index contributed by atoms with van der Waals surface area (Å²) in [5.74, 6) is 4.59. The second-order valence-corrected chi connectivity index (χ2v) is 3.77. The van der Waals surface area contributed by atoms with Crippen LogP contribution in [0.25, 0.3) is 0 Å². The maximum atomic E-state index is 13.1. The predicted octanol–water partition coefficient (Wildman–Crippen LogP) is 3.95. The number of halogens is 2. The van der Waals surface area contributed by atoms with E-state index in [-0.39, 0.29) is 5.69 Å². The maximum absolute atomic E-state index is 13.1. The van der Waals surface area contributed by atoms with Gasteiger partial charge in [-0.1, -0.05) is 31.6 Å².